The topological polar surface area (TPSA) is 185 Å². The molecule has 11 heteroatoms. The van der Waals surface area contributed by atoms with E-state index in [2.05, 4.69) is 0 Å². The Morgan fingerprint density at radius 2 is 1.59 bits per heavy atom. The molecule has 6 unspecified atom stereocenters. The summed E-state index contributed by atoms with van der Waals surface area (Å²) in [4.78, 5) is 43.0. The fourth-order valence-corrected chi connectivity index (χ4v) is 6.89. The molecule has 2 aromatic rings. The Balaban J connectivity index is 1.77. The van der Waals surface area contributed by atoms with Crippen molar-refractivity contribution in [2.45, 2.75) is 30.6 Å². The van der Waals surface area contributed by atoms with E-state index in [4.69, 9.17) is 5.73 Å². The van der Waals surface area contributed by atoms with E-state index in [1.807, 2.05) is 43.3 Å². The summed E-state index contributed by atoms with van der Waals surface area (Å²) in [6.45, 7) is 1.72. The maximum Gasteiger partial charge on any atom is 0.255 e. The molecule has 0 aliphatic heterocycles. The number of aliphatic hydroxyl groups excluding tert-OH is 3. The third-order valence-electron chi connectivity index (χ3n) is 8.80. The van der Waals surface area contributed by atoms with Crippen LogP contribution in [0.4, 0.5) is 5.69 Å². The number of hydrogen-bond donors (Lipinski definition) is 6. The van der Waals surface area contributed by atoms with Gasteiger partial charge in [0.1, 0.15) is 22.8 Å². The first-order valence-corrected chi connectivity index (χ1v) is 13.1. The summed E-state index contributed by atoms with van der Waals surface area (Å²) in [5, 5.41) is 57.0. The number of benzene rings is 2. The van der Waals surface area contributed by atoms with E-state index in [0.717, 1.165) is 11.3 Å². The number of aromatic hydroxyl groups is 1. The van der Waals surface area contributed by atoms with E-state index in [-0.39, 0.29) is 11.3 Å². The first-order chi connectivity index (χ1) is 19.2. The molecule has 1 amide bonds. The number of rotatable bonds is 4. The zero-order valence-corrected chi connectivity index (χ0v) is 23.3. The highest BCUT2D eigenvalue weighted by molar-refractivity contribution is 6.25. The molecule has 3 aliphatic rings. The van der Waals surface area contributed by atoms with E-state index in [1.165, 1.54) is 25.1 Å². The summed E-state index contributed by atoms with van der Waals surface area (Å²) in [6.07, 6.45) is -1.66. The van der Waals surface area contributed by atoms with E-state index < -0.39 is 75.6 Å². The van der Waals surface area contributed by atoms with Gasteiger partial charge in [-0.05, 0) is 54.9 Å². The lowest BCUT2D eigenvalue weighted by Crippen LogP contribution is -2.68. The van der Waals surface area contributed by atoms with Crippen molar-refractivity contribution < 1.29 is 39.9 Å². The van der Waals surface area contributed by atoms with Gasteiger partial charge in [-0.3, -0.25) is 19.3 Å². The number of fused-ring (bicyclic) bond motifs is 3. The van der Waals surface area contributed by atoms with Crippen LogP contribution in [0.5, 0.6) is 5.75 Å². The third kappa shape index (κ3) is 3.73. The molecule has 6 atom stereocenters. The highest BCUT2D eigenvalue weighted by Crippen LogP contribution is 2.56. The first kappa shape index (κ1) is 28.3. The Kier molecular flexibility index (Phi) is 6.52. The predicted molar refractivity (Wildman–Crippen MR) is 150 cm³/mol. The van der Waals surface area contributed by atoms with Crippen LogP contribution in [0.2, 0.25) is 0 Å². The summed E-state index contributed by atoms with van der Waals surface area (Å²) < 4.78 is 0. The molecule has 0 heterocycles. The Hall–Kier alpha value is -4.19. The molecular weight excluding hydrogens is 530 g/mol. The van der Waals surface area contributed by atoms with Crippen molar-refractivity contribution in [1.82, 2.24) is 4.90 Å². The van der Waals surface area contributed by atoms with E-state index in [9.17, 15) is 39.9 Å². The van der Waals surface area contributed by atoms with Crippen molar-refractivity contribution in [3.05, 3.63) is 70.2 Å². The minimum absolute atomic E-state index is 0.125. The lowest BCUT2D eigenvalue weighted by atomic mass is 9.55. The van der Waals surface area contributed by atoms with Crippen molar-refractivity contribution in [3.8, 4) is 16.9 Å². The number of carbonyl (C=O) groups excluding carboxylic acids is 3. The first-order valence-electron chi connectivity index (χ1n) is 13.1. The number of likely N-dealkylation sites (N-methyl/N-ethyl adjacent to an activating group) is 1. The highest BCUT2D eigenvalue weighted by Gasteiger charge is 2.67. The molecule has 216 valence electrons. The van der Waals surface area contributed by atoms with Gasteiger partial charge in [-0.15, -0.1) is 0 Å². The zero-order valence-electron chi connectivity index (χ0n) is 23.3. The maximum absolute atomic E-state index is 14.0. The van der Waals surface area contributed by atoms with Gasteiger partial charge in [0.25, 0.3) is 5.91 Å². The van der Waals surface area contributed by atoms with Gasteiger partial charge in [0.15, 0.2) is 11.4 Å². The normalized spacial score (nSPS) is 29.3. The number of Topliss-reactive ketones (excluding diaryl/α,β-unsaturated/α-hetero) is 2. The largest absolute Gasteiger partial charge is 0.510 e. The second-order valence-electron chi connectivity index (χ2n) is 11.4. The molecule has 0 aromatic heterocycles. The van der Waals surface area contributed by atoms with Crippen LogP contribution >= 0.6 is 0 Å². The standard InChI is InChI=1S/C30H33N3O8/c1-12-17-15(13-6-8-14(9-7-13)32(2)3)10-11-16(34)19(17)24(35)20-18(12)25(36)22-23(33(4)5)26(37)21(29(31)40)28(39)30(22,41)27(20)38/h6-12,18,22-23,25,34,36-38,41H,1-5H3,(H2,31,40). The fraction of sp³-hybridized carbons (Fsp3) is 0.367. The SMILES string of the molecule is CC1c2c(-c3ccc(N(C)C)cc3)ccc(O)c2C(=O)C2=C(O)C3(O)C(=O)C(C(N)=O)=C(O)C(N(C)C)C3C(O)C21. The highest BCUT2D eigenvalue weighted by atomic mass is 16.4. The van der Waals surface area contributed by atoms with Gasteiger partial charge < -0.3 is 36.2 Å². The molecule has 0 bridgehead atoms. The van der Waals surface area contributed by atoms with E-state index in [1.54, 1.807) is 13.0 Å². The van der Waals surface area contributed by atoms with E-state index in [0.29, 0.717) is 11.1 Å². The van der Waals surface area contributed by atoms with Gasteiger partial charge in [-0.2, -0.15) is 0 Å². The van der Waals surface area contributed by atoms with Crippen molar-refractivity contribution >= 4 is 23.2 Å². The molecule has 5 rings (SSSR count). The van der Waals surface area contributed by atoms with Gasteiger partial charge in [0, 0.05) is 31.3 Å². The third-order valence-corrected chi connectivity index (χ3v) is 8.80. The molecule has 3 aliphatic carbocycles. The van der Waals surface area contributed by atoms with Crippen LogP contribution in [-0.2, 0) is 9.59 Å². The number of amides is 1. The van der Waals surface area contributed by atoms with Gasteiger partial charge in [0.05, 0.1) is 23.6 Å². The Morgan fingerprint density at radius 1 is 0.976 bits per heavy atom. The number of primary amides is 1. The maximum atomic E-state index is 14.0. The average molecular weight is 564 g/mol. The summed E-state index contributed by atoms with van der Waals surface area (Å²) in [5.74, 6) is -9.20. The second-order valence-corrected chi connectivity index (χ2v) is 11.4. The summed E-state index contributed by atoms with van der Waals surface area (Å²) in [7, 11) is 6.80. The van der Waals surface area contributed by atoms with Gasteiger partial charge in [-0.25, -0.2) is 0 Å². The number of nitrogens with zero attached hydrogens (tertiary/aromatic N) is 2. The molecule has 0 radical (unpaired) electrons. The predicted octanol–water partition coefficient (Wildman–Crippen LogP) is 1.39. The molecule has 0 spiro atoms. The number of nitrogens with two attached hydrogens (primary N) is 1. The van der Waals surface area contributed by atoms with Crippen LogP contribution in [0.15, 0.2) is 59.1 Å². The minimum atomic E-state index is -2.95. The summed E-state index contributed by atoms with van der Waals surface area (Å²) in [6, 6.07) is 9.25. The molecule has 11 nitrogen and oxygen atoms in total. The summed E-state index contributed by atoms with van der Waals surface area (Å²) in [5.41, 5.74) is 3.67. The minimum Gasteiger partial charge on any atom is -0.510 e. The number of phenolic OH excluding ortho intramolecular Hbond substituents is 1. The number of anilines is 1. The number of phenols is 1. The average Bonchev–Trinajstić information content (AvgIpc) is 2.90. The Morgan fingerprint density at radius 3 is 2.12 bits per heavy atom. The second kappa shape index (κ2) is 9.44. The van der Waals surface area contributed by atoms with E-state index >= 15 is 0 Å². The van der Waals surface area contributed by atoms with Crippen LogP contribution in [0.3, 0.4) is 0 Å². The Bertz CT molecular complexity index is 1560. The number of hydrogen-bond acceptors (Lipinski definition) is 10. The zero-order chi connectivity index (χ0) is 30.3. The lowest BCUT2D eigenvalue weighted by molar-refractivity contribution is -0.162. The Labute approximate surface area is 236 Å². The van der Waals surface area contributed by atoms with Crippen molar-refractivity contribution in [1.29, 1.82) is 0 Å². The summed E-state index contributed by atoms with van der Waals surface area (Å²) >= 11 is 0. The molecule has 7 N–H and O–H groups in total. The van der Waals surface area contributed by atoms with Crippen molar-refractivity contribution in [2.75, 3.05) is 33.1 Å². The van der Waals surface area contributed by atoms with Crippen molar-refractivity contribution in [3.63, 3.8) is 0 Å². The van der Waals surface area contributed by atoms with Crippen LogP contribution < -0.4 is 10.6 Å². The monoisotopic (exact) mass is 563 g/mol. The van der Waals surface area contributed by atoms with Crippen LogP contribution in [0.1, 0.15) is 28.8 Å². The van der Waals surface area contributed by atoms with Gasteiger partial charge in [0.2, 0.25) is 5.78 Å². The molecule has 0 fully saturated rings. The molecular formula is C30H33N3O8. The quantitative estimate of drug-likeness (QED) is 0.297. The number of ketones is 2. The van der Waals surface area contributed by atoms with Crippen LogP contribution in [-0.4, -0.2) is 93.8 Å². The molecule has 0 saturated carbocycles. The molecule has 41 heavy (non-hydrogen) atoms. The molecule has 2 aromatic carbocycles. The van der Waals surface area contributed by atoms with Crippen LogP contribution in [0.25, 0.3) is 11.1 Å². The van der Waals surface area contributed by atoms with Gasteiger partial charge >= 0.3 is 0 Å². The smallest absolute Gasteiger partial charge is 0.255 e. The van der Waals surface area contributed by atoms with Crippen molar-refractivity contribution in [2.24, 2.45) is 17.6 Å². The number of carbonyl (C=O) groups is 3. The fourth-order valence-electron chi connectivity index (χ4n) is 6.89. The lowest BCUT2D eigenvalue weighted by Gasteiger charge is -2.53. The molecule has 0 saturated heterocycles. The number of aliphatic hydroxyl groups is 4. The van der Waals surface area contributed by atoms with Crippen LogP contribution in [0, 0.1) is 11.8 Å². The van der Waals surface area contributed by atoms with Gasteiger partial charge in [-0.1, -0.05) is 25.1 Å².